The molecule has 9 fully saturated rings. The molecule has 0 bridgehead atoms. The van der Waals surface area contributed by atoms with Gasteiger partial charge in [0.1, 0.15) is 0 Å². The van der Waals surface area contributed by atoms with E-state index in [0.29, 0.717) is 54.7 Å². The topological polar surface area (TPSA) is 430 Å². The van der Waals surface area contributed by atoms with Gasteiger partial charge in [0.05, 0.1) is 7.11 Å². The predicted octanol–water partition coefficient (Wildman–Crippen LogP) is 15.1. The molecule has 9 aliphatic rings. The van der Waals surface area contributed by atoms with Crippen molar-refractivity contribution in [3.63, 3.8) is 0 Å². The first-order valence-electron chi connectivity index (χ1n) is 40.2. The number of primary amides is 1. The van der Waals surface area contributed by atoms with Gasteiger partial charge >= 0.3 is 760 Å². The van der Waals surface area contributed by atoms with Crippen molar-refractivity contribution in [1.82, 2.24) is 22.1 Å². The quantitative estimate of drug-likeness (QED) is 0.00949. The fraction of sp³-hybridized carbons (Fsp3) is 0.465. The summed E-state index contributed by atoms with van der Waals surface area (Å²) >= 11 is 7.29. The van der Waals surface area contributed by atoms with Crippen LogP contribution >= 0.6 is 24.0 Å². The van der Waals surface area contributed by atoms with E-state index in [-0.39, 0.29) is 350 Å². The fourth-order valence-corrected chi connectivity index (χ4v) is 19.5. The van der Waals surface area contributed by atoms with E-state index in [2.05, 4.69) is 71.6 Å². The van der Waals surface area contributed by atoms with Gasteiger partial charge in [-0.2, -0.15) is 0 Å². The van der Waals surface area contributed by atoms with Crippen LogP contribution in [0.15, 0.2) is 104 Å². The number of hydrogen-bond acceptors (Lipinski definition) is 25. The molecule has 9 rings (SSSR count). The Kier molecular flexibility index (Phi) is 131. The molecule has 0 spiro atoms. The number of ether oxygens (including phenoxy) is 11. The molecule has 29 nitrogen and oxygen atoms in total. The van der Waals surface area contributed by atoms with Gasteiger partial charge < -0.3 is 10.9 Å². The Hall–Kier alpha value is 0.523. The number of imide groups is 3. The Morgan fingerprint density at radius 3 is 0.895 bits per heavy atom. The van der Waals surface area contributed by atoms with Crippen LogP contribution in [0.1, 0.15) is 191 Å². The van der Waals surface area contributed by atoms with Crippen LogP contribution in [0.2, 0.25) is 0 Å². The van der Waals surface area contributed by atoms with Crippen LogP contribution in [-0.2, 0) is 398 Å². The number of nitrogens with two attached hydrogens (primary N) is 1. The van der Waals surface area contributed by atoms with Gasteiger partial charge in [0.15, 0.2) is 0 Å². The SMILES string of the molecule is C.C.C.C.C.C.C.C#CC.CC.CC.COC(C)=O.I.N.[CH-]=C(C=C1C[CH-]C[CH-]C(C(O)C(=O)OCC)[C]1=[W])OC.[CH-]=C(C=C1C[CH-]C[CH-]C(C(O)C(N)=O)[C]1=[W])OC.[CH-]=C(C=C1C[CH-]C[CH-]C(C2OC(=O)NC2=O)[C]1=[W])OC.[CH-]=C(C=C1C[CH-]C[CH-]C(C2OC(=O)NC2=O)[C]1=[W])OC.[CH-]=C(C=C1C[CH-]C[CH-]C(CC(=O)OCC)[C]1=[W])OC.[CH-]=C(O)C=C1C[CH-]C[CH-]C(C2OC(=O)NC2=O)[C]1=[W].[Y].[Y].[Y].[Y].[Y].[Y]. The Morgan fingerprint density at radius 1 is 0.441 bits per heavy atom. The van der Waals surface area contributed by atoms with Crippen LogP contribution in [0.25, 0.3) is 0 Å². The van der Waals surface area contributed by atoms with E-state index in [0.717, 1.165) is 136 Å². The minimum atomic E-state index is -1.18. The summed E-state index contributed by atoms with van der Waals surface area (Å²) in [6.07, 6.45) is 42.0. The van der Waals surface area contributed by atoms with Gasteiger partial charge in [0.25, 0.3) is 0 Å². The van der Waals surface area contributed by atoms with Gasteiger partial charge in [0.2, 0.25) is 0 Å². The molecule has 3 heterocycles. The van der Waals surface area contributed by atoms with Crippen molar-refractivity contribution in [3.8, 4) is 12.3 Å². The number of cyclic esters (lactones) is 3. The number of terminal acetylenes is 1. The molecule has 7 amide bonds. The molecule has 42 heteroatoms. The summed E-state index contributed by atoms with van der Waals surface area (Å²) in [6.45, 7) is 48.9. The number of carbonyl (C=O) groups excluding carboxylic acids is 10. The van der Waals surface area contributed by atoms with Crippen molar-refractivity contribution in [2.75, 3.05) is 55.9 Å². The number of esters is 3. The van der Waals surface area contributed by atoms with Crippen LogP contribution < -0.4 is 27.8 Å². The summed E-state index contributed by atoms with van der Waals surface area (Å²) < 4.78 is 60.2. The van der Waals surface area contributed by atoms with Crippen molar-refractivity contribution in [1.29, 1.82) is 0 Å². The zero-order chi connectivity index (χ0) is 97.5. The Morgan fingerprint density at radius 2 is 0.671 bits per heavy atom. The minimum absolute atomic E-state index is 0. The zero-order valence-corrected chi connectivity index (χ0v) is 116. The number of aliphatic hydroxyl groups excluding tert-OH is 3. The third-order valence-corrected chi connectivity index (χ3v) is 29.6. The fourth-order valence-electron chi connectivity index (χ4n) is 11.8. The van der Waals surface area contributed by atoms with Crippen molar-refractivity contribution in [2.45, 2.75) is 221 Å². The normalized spacial score (nSPS) is 21.6. The molecule has 6 saturated carbocycles. The van der Waals surface area contributed by atoms with E-state index in [1.807, 2.05) is 79.2 Å². The molecule has 3 saturated heterocycles. The second-order valence-electron chi connectivity index (χ2n) is 26.7. The second kappa shape index (κ2) is 104. The predicted molar refractivity (Wildman–Crippen MR) is 528 cm³/mol. The number of methoxy groups -OCH3 is 6. The molecule has 11 unspecified atom stereocenters. The molecule has 143 heavy (non-hydrogen) atoms. The van der Waals surface area contributed by atoms with E-state index >= 15 is 0 Å². The van der Waals surface area contributed by atoms with Gasteiger partial charge in [-0.25, -0.2) is 0 Å². The number of rotatable bonds is 22. The van der Waals surface area contributed by atoms with E-state index in [9.17, 15) is 63.3 Å². The first-order chi connectivity index (χ1) is 60.8. The number of allylic oxidation sites excluding steroid dienone is 12. The maximum Gasteiger partial charge on any atom is 0 e. The molecule has 0 aromatic heterocycles. The molecule has 3 aliphatic heterocycles. The number of aliphatic hydroxyl groups is 3. The molecular weight excluding hydrogens is 3430 g/mol. The maximum atomic E-state index is 11.8. The van der Waals surface area contributed by atoms with E-state index < -0.39 is 66.6 Å². The molecule has 800 valence electrons. The number of carbonyl (C=O) groups is 10. The number of hydrogen-bond donors (Lipinski definition) is 8. The van der Waals surface area contributed by atoms with E-state index in [1.54, 1.807) is 45.3 Å². The van der Waals surface area contributed by atoms with Gasteiger partial charge in [-0.3, -0.25) is 4.79 Å². The largest absolute Gasteiger partial charge is 0 e. The maximum absolute atomic E-state index is 11.8. The van der Waals surface area contributed by atoms with E-state index in [1.165, 1.54) is 149 Å². The van der Waals surface area contributed by atoms with Gasteiger partial charge in [0, 0.05) is 203 Å². The van der Waals surface area contributed by atoms with Crippen LogP contribution in [0.4, 0.5) is 14.4 Å². The number of nitrogens with one attached hydrogen (secondary N) is 3. The van der Waals surface area contributed by atoms with Crippen molar-refractivity contribution < 1.29 is 428 Å². The van der Waals surface area contributed by atoms with Crippen molar-refractivity contribution >= 4 is 107 Å². The smallest absolute Gasteiger partial charge is 0 e. The summed E-state index contributed by atoms with van der Waals surface area (Å²) in [5.41, 5.74) is 11.2. The van der Waals surface area contributed by atoms with Crippen LogP contribution in [0, 0.1) is 164 Å². The third kappa shape index (κ3) is 70.0. The van der Waals surface area contributed by atoms with Gasteiger partial charge in [-0.15, -0.1) is 36.3 Å². The Bertz CT molecular complexity index is 4150. The Labute approximate surface area is 1090 Å². The third-order valence-electron chi connectivity index (χ3n) is 18.0. The summed E-state index contributed by atoms with van der Waals surface area (Å²) in [5.74, 6) is -0.472. The van der Waals surface area contributed by atoms with E-state index in [4.69, 9.17) is 92.6 Å². The molecule has 0 aromatic rings. The number of halogens is 1. The molecule has 11 atom stereocenters. The average molecular weight is 3580 g/mol. The summed E-state index contributed by atoms with van der Waals surface area (Å²) in [4.78, 5) is 113. The molecule has 6 radical (unpaired) electrons. The summed E-state index contributed by atoms with van der Waals surface area (Å²) in [6, 6.07) is 0. The molecule has 11 N–H and O–H groups in total. The van der Waals surface area contributed by atoms with Crippen molar-refractivity contribution in [3.05, 3.63) is 221 Å². The average Bonchev–Trinajstić information content (AvgIpc) is 1.67. The summed E-state index contributed by atoms with van der Waals surface area (Å²) in [7, 11) is 8.91. The number of alkyl carbamates (subject to hydrolysis) is 3. The summed E-state index contributed by atoms with van der Waals surface area (Å²) in [5, 5.41) is 35.6. The monoisotopic (exact) mass is 3580 g/mol. The second-order valence-corrected chi connectivity index (χ2v) is 36.1. The zero-order valence-electron chi connectivity index (χ0n) is 78.9. The van der Waals surface area contributed by atoms with Gasteiger partial charge in [-0.1, -0.05) is 79.7 Å². The standard InChI is InChI=1S/C15H19O4.C15H19O3.2C14H14NO4.C13H12NO4.C13H16NO3.C3H6O2.C3H4.2C2H6.7CH4.HI.H3N.6W.6Y/c1-4-19-15(17)14(16)13-8-6-5-7-12(10-13)9-11(2)18-3;1-4-18-15(16)11-14-8-6-5-7-13(10-14)9-12(2)17-3;2*1-9(18-2)7-10-5-3-4-6-11(8-10)12-13(16)15-14(17)19-12;1-8(15)6-9-4-2-3-5-10(7-9)11-12(16)14-13(17)18-11;1-9(17-2)7-10-5-3-4-6-11(8-10)12(15)13(14)16;1-3(4)5-2;1-3-2;2*1-2;;;;;;;;;;;;;;;;;;;;;/h2,5,8-9,13-14,16H,4,6-7H2,1,3H3;2,5,8-9,14H,4,6-7,11H2,1,3H3;2*1,3,6-7,11-12H,4-5H2,2H3,(H,15,16,17);1-2,5-6,10-11,15H,3-4H2,(H,14,16,17);1,3,6-7,11-12,15H,4-5H2,2H3,(H2,14,16);1-2H3;1H,2H3;2*1-2H3;7*1H4;1H;1H3;;;;;;;;;;;;/q6*-3;;;;;;;;;;;;;;;;;;;;;;;;;. The molecular formula is C101H148IN5O24W6Y6-18. The Balaban J connectivity index is -0.0000000925. The first kappa shape index (κ1) is 179. The molecule has 0 aromatic carbocycles. The van der Waals surface area contributed by atoms with Crippen molar-refractivity contribution in [2.24, 2.45) is 41.2 Å². The number of amides is 7. The van der Waals surface area contributed by atoms with Crippen LogP contribution in [0.3, 0.4) is 0 Å². The first-order valence-corrected chi connectivity index (χ1v) is 49.0. The minimum Gasteiger partial charge on any atom is 0 e. The molecule has 6 aliphatic carbocycles. The van der Waals surface area contributed by atoms with Crippen LogP contribution in [0.5, 0.6) is 0 Å². The van der Waals surface area contributed by atoms with Gasteiger partial charge in [-0.05, 0) is 6.92 Å². The van der Waals surface area contributed by atoms with Crippen LogP contribution in [-0.4, -0.2) is 185 Å².